The van der Waals surface area contributed by atoms with Crippen LogP contribution in [0, 0.1) is 10.1 Å². The van der Waals surface area contributed by atoms with E-state index in [-0.39, 0.29) is 16.7 Å². The molecular weight excluding hydrogens is 268 g/mol. The summed E-state index contributed by atoms with van der Waals surface area (Å²) in [5, 5.41) is 14.5. The van der Waals surface area contributed by atoms with E-state index < -0.39 is 0 Å². The van der Waals surface area contributed by atoms with Crippen molar-refractivity contribution < 1.29 is 9.66 Å². The fourth-order valence-corrected chi connectivity index (χ4v) is 2.60. The van der Waals surface area contributed by atoms with Crippen LogP contribution in [0.1, 0.15) is 51.5 Å². The third-order valence-corrected chi connectivity index (χ3v) is 3.78. The van der Waals surface area contributed by atoms with Gasteiger partial charge in [-0.1, -0.05) is 26.3 Å². The molecule has 0 radical (unpaired) electrons. The van der Waals surface area contributed by atoms with Gasteiger partial charge in [0.25, 0.3) is 0 Å². The molecule has 1 aliphatic carbocycles. The minimum Gasteiger partial charge on any atom is -0.483 e. The van der Waals surface area contributed by atoms with Gasteiger partial charge in [-0.2, -0.15) is 0 Å². The summed E-state index contributed by atoms with van der Waals surface area (Å²) in [5.74, 6) is 0.412. The van der Waals surface area contributed by atoms with Crippen LogP contribution < -0.4 is 10.1 Å². The topological polar surface area (TPSA) is 64.4 Å². The monoisotopic (exact) mass is 292 g/mol. The Balaban J connectivity index is 2.13. The molecule has 0 saturated heterocycles. The van der Waals surface area contributed by atoms with Gasteiger partial charge in [0.05, 0.1) is 11.0 Å². The van der Waals surface area contributed by atoms with Gasteiger partial charge in [0.1, 0.15) is 0 Å². The van der Waals surface area contributed by atoms with E-state index in [0.717, 1.165) is 31.2 Å². The summed E-state index contributed by atoms with van der Waals surface area (Å²) in [6.07, 6.45) is 5.63. The Morgan fingerprint density at radius 2 is 2.05 bits per heavy atom. The number of nitrogens with zero attached hydrogens (tertiary/aromatic N) is 1. The number of hydrogen-bond donors (Lipinski definition) is 1. The predicted octanol–water partition coefficient (Wildman–Crippen LogP) is 3.80. The molecule has 0 aromatic heterocycles. The van der Waals surface area contributed by atoms with Gasteiger partial charge in [0, 0.05) is 18.7 Å². The molecule has 116 valence electrons. The first-order valence-electron chi connectivity index (χ1n) is 7.73. The predicted molar refractivity (Wildman–Crippen MR) is 82.6 cm³/mol. The van der Waals surface area contributed by atoms with Gasteiger partial charge >= 0.3 is 5.69 Å². The Morgan fingerprint density at radius 3 is 2.67 bits per heavy atom. The summed E-state index contributed by atoms with van der Waals surface area (Å²) < 4.78 is 5.93. The molecule has 2 rings (SSSR count). The van der Waals surface area contributed by atoms with Crippen molar-refractivity contribution in [1.82, 2.24) is 5.32 Å². The number of hydrogen-bond acceptors (Lipinski definition) is 4. The molecule has 5 heteroatoms. The second-order valence-electron chi connectivity index (χ2n) is 5.97. The SMILES string of the molecule is CC(C)NCc1ccc([N+](=O)[O-])c(OC2CCCCC2)c1. The number of nitro groups is 1. The van der Waals surface area contributed by atoms with Crippen molar-refractivity contribution >= 4 is 5.69 Å². The normalized spacial score (nSPS) is 16.1. The molecular formula is C16H24N2O3. The van der Waals surface area contributed by atoms with E-state index in [1.165, 1.54) is 6.42 Å². The summed E-state index contributed by atoms with van der Waals surface area (Å²) in [4.78, 5) is 10.8. The number of ether oxygens (including phenoxy) is 1. The molecule has 0 heterocycles. The van der Waals surface area contributed by atoms with E-state index in [9.17, 15) is 10.1 Å². The summed E-state index contributed by atoms with van der Waals surface area (Å²) >= 11 is 0. The molecule has 0 atom stereocenters. The molecule has 0 unspecified atom stereocenters. The molecule has 0 aliphatic heterocycles. The highest BCUT2D eigenvalue weighted by Gasteiger charge is 2.21. The third-order valence-electron chi connectivity index (χ3n) is 3.78. The lowest BCUT2D eigenvalue weighted by molar-refractivity contribution is -0.386. The van der Waals surface area contributed by atoms with E-state index in [2.05, 4.69) is 19.2 Å². The maximum absolute atomic E-state index is 11.2. The van der Waals surface area contributed by atoms with E-state index in [0.29, 0.717) is 18.3 Å². The lowest BCUT2D eigenvalue weighted by Crippen LogP contribution is -2.22. The molecule has 0 bridgehead atoms. The first-order valence-corrected chi connectivity index (χ1v) is 7.73. The smallest absolute Gasteiger partial charge is 0.310 e. The van der Waals surface area contributed by atoms with Crippen LogP contribution in [0.3, 0.4) is 0 Å². The molecule has 1 aliphatic rings. The van der Waals surface area contributed by atoms with Crippen LogP contribution in [-0.2, 0) is 6.54 Å². The van der Waals surface area contributed by atoms with Crippen LogP contribution in [0.15, 0.2) is 18.2 Å². The quantitative estimate of drug-likeness (QED) is 0.639. The lowest BCUT2D eigenvalue weighted by Gasteiger charge is -2.23. The highest BCUT2D eigenvalue weighted by atomic mass is 16.6. The zero-order valence-electron chi connectivity index (χ0n) is 12.8. The van der Waals surface area contributed by atoms with E-state index in [1.54, 1.807) is 12.1 Å². The van der Waals surface area contributed by atoms with Crippen molar-refractivity contribution in [3.63, 3.8) is 0 Å². The first kappa shape index (κ1) is 15.8. The molecule has 21 heavy (non-hydrogen) atoms. The van der Waals surface area contributed by atoms with Crippen molar-refractivity contribution in [2.24, 2.45) is 0 Å². The fourth-order valence-electron chi connectivity index (χ4n) is 2.60. The van der Waals surface area contributed by atoms with Crippen molar-refractivity contribution in [3.8, 4) is 5.75 Å². The average Bonchev–Trinajstić information content (AvgIpc) is 2.46. The maximum Gasteiger partial charge on any atom is 0.310 e. The van der Waals surface area contributed by atoms with E-state index in [1.807, 2.05) is 6.07 Å². The molecule has 1 saturated carbocycles. The second kappa shape index (κ2) is 7.41. The van der Waals surface area contributed by atoms with Crippen LogP contribution in [0.25, 0.3) is 0 Å². The van der Waals surface area contributed by atoms with E-state index in [4.69, 9.17) is 4.74 Å². The highest BCUT2D eigenvalue weighted by molar-refractivity contribution is 5.48. The van der Waals surface area contributed by atoms with Crippen LogP contribution in [-0.4, -0.2) is 17.1 Å². The van der Waals surface area contributed by atoms with Crippen molar-refractivity contribution in [1.29, 1.82) is 0 Å². The van der Waals surface area contributed by atoms with Gasteiger partial charge in [-0.25, -0.2) is 0 Å². The zero-order valence-corrected chi connectivity index (χ0v) is 12.8. The molecule has 0 spiro atoms. The van der Waals surface area contributed by atoms with Crippen molar-refractivity contribution in [3.05, 3.63) is 33.9 Å². The Kier molecular flexibility index (Phi) is 5.56. The first-order chi connectivity index (χ1) is 10.1. The molecule has 1 fully saturated rings. The minimum atomic E-state index is -0.363. The average molecular weight is 292 g/mol. The van der Waals surface area contributed by atoms with E-state index >= 15 is 0 Å². The number of benzene rings is 1. The lowest BCUT2D eigenvalue weighted by atomic mass is 9.98. The summed E-state index contributed by atoms with van der Waals surface area (Å²) in [7, 11) is 0. The van der Waals surface area contributed by atoms with Gasteiger partial charge in [-0.3, -0.25) is 10.1 Å². The molecule has 0 amide bonds. The molecule has 1 aromatic carbocycles. The van der Waals surface area contributed by atoms with Gasteiger partial charge < -0.3 is 10.1 Å². The number of nitro benzene ring substituents is 1. The molecule has 1 aromatic rings. The Hall–Kier alpha value is -1.62. The van der Waals surface area contributed by atoms with Crippen molar-refractivity contribution in [2.45, 2.75) is 64.6 Å². The van der Waals surface area contributed by atoms with Gasteiger partial charge in [-0.05, 0) is 37.3 Å². The maximum atomic E-state index is 11.2. The second-order valence-corrected chi connectivity index (χ2v) is 5.97. The van der Waals surface area contributed by atoms with Crippen molar-refractivity contribution in [2.75, 3.05) is 0 Å². The van der Waals surface area contributed by atoms with Crippen LogP contribution in [0.2, 0.25) is 0 Å². The fraction of sp³-hybridized carbons (Fsp3) is 0.625. The van der Waals surface area contributed by atoms with Crippen LogP contribution in [0.5, 0.6) is 5.75 Å². The van der Waals surface area contributed by atoms with Crippen LogP contribution in [0.4, 0.5) is 5.69 Å². The summed E-state index contributed by atoms with van der Waals surface area (Å²) in [6, 6.07) is 5.53. The van der Waals surface area contributed by atoms with Gasteiger partial charge in [-0.15, -0.1) is 0 Å². The standard InChI is InChI=1S/C16H24N2O3/c1-12(2)17-11-13-8-9-15(18(19)20)16(10-13)21-14-6-4-3-5-7-14/h8-10,12,14,17H,3-7,11H2,1-2H3. The Labute approximate surface area is 125 Å². The number of rotatable bonds is 6. The Bertz CT molecular complexity index is 482. The summed E-state index contributed by atoms with van der Waals surface area (Å²) in [6.45, 7) is 4.84. The molecule has 1 N–H and O–H groups in total. The molecule has 5 nitrogen and oxygen atoms in total. The highest BCUT2D eigenvalue weighted by Crippen LogP contribution is 2.31. The summed E-state index contributed by atoms with van der Waals surface area (Å²) in [5.41, 5.74) is 1.08. The third kappa shape index (κ3) is 4.70. The van der Waals surface area contributed by atoms with Crippen LogP contribution >= 0.6 is 0 Å². The Morgan fingerprint density at radius 1 is 1.33 bits per heavy atom. The number of nitrogens with one attached hydrogen (secondary N) is 1. The minimum absolute atomic E-state index is 0.0638. The zero-order chi connectivity index (χ0) is 15.2. The van der Waals surface area contributed by atoms with Gasteiger partial charge in [0.2, 0.25) is 0 Å². The largest absolute Gasteiger partial charge is 0.483 e. The van der Waals surface area contributed by atoms with Gasteiger partial charge in [0.15, 0.2) is 5.75 Å².